The topological polar surface area (TPSA) is 18.5 Å². The highest BCUT2D eigenvalue weighted by Crippen LogP contribution is 2.41. The predicted molar refractivity (Wildman–Crippen MR) is 77.9 cm³/mol. The number of hydrogen-bond acceptors (Lipinski definition) is 3. The van der Waals surface area contributed by atoms with Crippen molar-refractivity contribution in [2.24, 2.45) is 5.92 Å². The van der Waals surface area contributed by atoms with Gasteiger partial charge in [-0.1, -0.05) is 0 Å². The smallest absolute Gasteiger partial charge is 0.0309 e. The summed E-state index contributed by atoms with van der Waals surface area (Å²) < 4.78 is 0. The van der Waals surface area contributed by atoms with Crippen LogP contribution in [-0.4, -0.2) is 61.2 Å². The summed E-state index contributed by atoms with van der Waals surface area (Å²) >= 11 is 0. The normalized spacial score (nSPS) is 36.0. The predicted octanol–water partition coefficient (Wildman–Crippen LogP) is 1.79. The summed E-state index contributed by atoms with van der Waals surface area (Å²) in [6.07, 6.45) is 4.13. The van der Waals surface area contributed by atoms with Gasteiger partial charge >= 0.3 is 0 Å². The van der Waals surface area contributed by atoms with E-state index in [9.17, 15) is 0 Å². The van der Waals surface area contributed by atoms with Crippen LogP contribution in [0.4, 0.5) is 0 Å². The van der Waals surface area contributed by atoms with Crippen LogP contribution in [0.15, 0.2) is 0 Å². The molecule has 3 unspecified atom stereocenters. The van der Waals surface area contributed by atoms with Crippen molar-refractivity contribution in [3.05, 3.63) is 0 Å². The summed E-state index contributed by atoms with van der Waals surface area (Å²) in [5.74, 6) is 0.925. The van der Waals surface area contributed by atoms with Gasteiger partial charge in [0.15, 0.2) is 0 Å². The van der Waals surface area contributed by atoms with Crippen LogP contribution in [0.25, 0.3) is 0 Å². The Kier molecular flexibility index (Phi) is 4.35. The lowest BCUT2D eigenvalue weighted by atomic mass is 9.90. The van der Waals surface area contributed by atoms with Crippen LogP contribution in [0.2, 0.25) is 0 Å². The number of piperazine rings is 1. The Balaban J connectivity index is 1.92. The summed E-state index contributed by atoms with van der Waals surface area (Å²) in [7, 11) is 4.34. The molecule has 2 aliphatic rings. The molecule has 3 heteroatoms. The molecule has 1 aliphatic heterocycles. The molecule has 2 fully saturated rings. The molecule has 1 N–H and O–H groups in total. The fourth-order valence-electron chi connectivity index (χ4n) is 3.28. The third-order valence-electron chi connectivity index (χ3n) is 4.92. The molecule has 0 amide bonds. The van der Waals surface area contributed by atoms with Gasteiger partial charge in [-0.15, -0.1) is 0 Å². The van der Waals surface area contributed by atoms with Crippen LogP contribution in [0.5, 0.6) is 0 Å². The number of nitrogens with one attached hydrogen (secondary N) is 1. The van der Waals surface area contributed by atoms with Crippen molar-refractivity contribution in [3.63, 3.8) is 0 Å². The lowest BCUT2D eigenvalue weighted by Gasteiger charge is -2.48. The quantitative estimate of drug-likeness (QED) is 0.806. The first-order valence-electron chi connectivity index (χ1n) is 7.58. The second-order valence-corrected chi connectivity index (χ2v) is 7.03. The lowest BCUT2D eigenvalue weighted by molar-refractivity contribution is 0.0468. The molecule has 1 aliphatic carbocycles. The second-order valence-electron chi connectivity index (χ2n) is 7.03. The third kappa shape index (κ3) is 3.25. The molecule has 3 atom stereocenters. The Morgan fingerprint density at radius 3 is 2.61 bits per heavy atom. The van der Waals surface area contributed by atoms with E-state index in [1.165, 1.54) is 32.4 Å². The van der Waals surface area contributed by atoms with Gasteiger partial charge < -0.3 is 10.2 Å². The highest BCUT2D eigenvalue weighted by atomic mass is 15.3. The highest BCUT2D eigenvalue weighted by Gasteiger charge is 2.45. The van der Waals surface area contributed by atoms with Gasteiger partial charge in [0.05, 0.1) is 0 Å². The minimum atomic E-state index is 0.374. The molecule has 0 aromatic carbocycles. The summed E-state index contributed by atoms with van der Waals surface area (Å²) in [6.45, 7) is 10.8. The number of rotatable bonds is 5. The maximum Gasteiger partial charge on any atom is 0.0309 e. The van der Waals surface area contributed by atoms with Crippen LogP contribution in [-0.2, 0) is 0 Å². The van der Waals surface area contributed by atoms with E-state index in [-0.39, 0.29) is 0 Å². The van der Waals surface area contributed by atoms with E-state index < -0.39 is 0 Å². The molecule has 0 spiro atoms. The molecule has 1 saturated carbocycles. The van der Waals surface area contributed by atoms with Crippen LogP contribution in [0.1, 0.15) is 40.0 Å². The Bertz CT molecular complexity index is 275. The van der Waals surface area contributed by atoms with Gasteiger partial charge in [0, 0.05) is 30.7 Å². The average molecular weight is 253 g/mol. The fraction of sp³-hybridized carbons (Fsp3) is 1.00. The van der Waals surface area contributed by atoms with Gasteiger partial charge in [-0.3, -0.25) is 4.90 Å². The van der Waals surface area contributed by atoms with Crippen LogP contribution >= 0.6 is 0 Å². The van der Waals surface area contributed by atoms with E-state index in [0.29, 0.717) is 17.6 Å². The monoisotopic (exact) mass is 253 g/mol. The van der Waals surface area contributed by atoms with Gasteiger partial charge in [-0.2, -0.15) is 0 Å². The summed E-state index contributed by atoms with van der Waals surface area (Å²) in [5, 5.41) is 3.80. The van der Waals surface area contributed by atoms with Crippen LogP contribution < -0.4 is 5.32 Å². The van der Waals surface area contributed by atoms with E-state index in [1.807, 2.05) is 0 Å². The van der Waals surface area contributed by atoms with E-state index in [2.05, 4.69) is 50.0 Å². The number of hydrogen-bond donors (Lipinski definition) is 1. The maximum absolute atomic E-state index is 3.80. The van der Waals surface area contributed by atoms with E-state index in [1.54, 1.807) is 0 Å². The van der Waals surface area contributed by atoms with Gasteiger partial charge in [0.1, 0.15) is 0 Å². The molecule has 0 radical (unpaired) electrons. The Morgan fingerprint density at radius 2 is 2.06 bits per heavy atom. The average Bonchev–Trinajstić information content (AvgIpc) is 3.13. The fourth-order valence-corrected chi connectivity index (χ4v) is 3.28. The summed E-state index contributed by atoms with van der Waals surface area (Å²) in [5.41, 5.74) is 0.374. The summed E-state index contributed by atoms with van der Waals surface area (Å²) in [6, 6.07) is 1.37. The minimum absolute atomic E-state index is 0.374. The van der Waals surface area contributed by atoms with Crippen molar-refractivity contribution < 1.29 is 0 Å². The van der Waals surface area contributed by atoms with Crippen molar-refractivity contribution in [3.8, 4) is 0 Å². The van der Waals surface area contributed by atoms with E-state index >= 15 is 0 Å². The van der Waals surface area contributed by atoms with Gasteiger partial charge in [-0.05, 0) is 66.6 Å². The highest BCUT2D eigenvalue weighted by molar-refractivity contribution is 5.04. The molecule has 0 aromatic heterocycles. The first-order valence-corrected chi connectivity index (χ1v) is 7.58. The lowest BCUT2D eigenvalue weighted by Crippen LogP contribution is -2.65. The molecule has 1 saturated heterocycles. The van der Waals surface area contributed by atoms with Gasteiger partial charge in [0.2, 0.25) is 0 Å². The Morgan fingerprint density at radius 1 is 1.39 bits per heavy atom. The SMILES string of the molecule is CC(CCN(C)C)N1CC(C)(C2CC2)NCC1C. The molecular weight excluding hydrogens is 222 g/mol. The van der Waals surface area contributed by atoms with E-state index in [4.69, 9.17) is 0 Å². The zero-order valence-corrected chi connectivity index (χ0v) is 12.9. The molecule has 106 valence electrons. The number of nitrogens with zero attached hydrogens (tertiary/aromatic N) is 2. The van der Waals surface area contributed by atoms with E-state index in [0.717, 1.165) is 12.5 Å². The maximum atomic E-state index is 3.80. The Hall–Kier alpha value is -0.120. The minimum Gasteiger partial charge on any atom is -0.309 e. The molecule has 1 heterocycles. The molecular formula is C15H31N3. The molecule has 18 heavy (non-hydrogen) atoms. The first-order chi connectivity index (χ1) is 8.42. The standard InChI is InChI=1S/C15H31N3/c1-12(8-9-17(4)5)18-11-15(3,14-6-7-14)16-10-13(18)2/h12-14,16H,6-11H2,1-5H3. The third-order valence-corrected chi connectivity index (χ3v) is 4.92. The Labute approximate surface area is 113 Å². The van der Waals surface area contributed by atoms with Crippen LogP contribution in [0.3, 0.4) is 0 Å². The van der Waals surface area contributed by atoms with Crippen molar-refractivity contribution >= 4 is 0 Å². The largest absolute Gasteiger partial charge is 0.309 e. The molecule has 0 bridgehead atoms. The zero-order chi connectivity index (χ0) is 13.3. The summed E-state index contributed by atoms with van der Waals surface area (Å²) in [4.78, 5) is 5.03. The zero-order valence-electron chi connectivity index (χ0n) is 12.9. The van der Waals surface area contributed by atoms with Crippen molar-refractivity contribution in [1.29, 1.82) is 0 Å². The van der Waals surface area contributed by atoms with Crippen molar-refractivity contribution in [2.75, 3.05) is 33.7 Å². The molecule has 0 aromatic rings. The van der Waals surface area contributed by atoms with Gasteiger partial charge in [0.25, 0.3) is 0 Å². The van der Waals surface area contributed by atoms with Crippen LogP contribution in [0, 0.1) is 5.92 Å². The molecule has 3 nitrogen and oxygen atoms in total. The first kappa shape index (κ1) is 14.3. The van der Waals surface area contributed by atoms with Crippen molar-refractivity contribution in [2.45, 2.75) is 57.7 Å². The van der Waals surface area contributed by atoms with Gasteiger partial charge in [-0.25, -0.2) is 0 Å². The second kappa shape index (κ2) is 5.48. The molecule has 2 rings (SSSR count). The van der Waals surface area contributed by atoms with Crippen molar-refractivity contribution in [1.82, 2.24) is 15.1 Å².